The molecule has 1 fully saturated rings. The summed E-state index contributed by atoms with van der Waals surface area (Å²) < 4.78 is 0. The van der Waals surface area contributed by atoms with Gasteiger partial charge in [-0.1, -0.05) is 13.8 Å². The van der Waals surface area contributed by atoms with Gasteiger partial charge in [0.1, 0.15) is 5.69 Å². The number of nitrogens with one attached hydrogen (secondary N) is 2. The van der Waals surface area contributed by atoms with E-state index in [0.717, 1.165) is 19.3 Å². The van der Waals surface area contributed by atoms with Gasteiger partial charge in [0.15, 0.2) is 0 Å². The quantitative estimate of drug-likeness (QED) is 0.831. The van der Waals surface area contributed by atoms with Crippen molar-refractivity contribution in [3.05, 3.63) is 29.6 Å². The zero-order valence-corrected chi connectivity index (χ0v) is 12.0. The maximum atomic E-state index is 11.9. The number of carbonyl (C=O) groups excluding carboxylic acids is 2. The largest absolute Gasteiger partial charge is 0.351 e. The Balaban J connectivity index is 1.93. The molecule has 2 rings (SSSR count). The van der Waals surface area contributed by atoms with Crippen LogP contribution in [0.25, 0.3) is 0 Å². The van der Waals surface area contributed by atoms with Gasteiger partial charge in [-0.2, -0.15) is 0 Å². The van der Waals surface area contributed by atoms with Crippen LogP contribution >= 0.6 is 0 Å². The molecule has 0 atom stereocenters. The Morgan fingerprint density at radius 3 is 2.75 bits per heavy atom. The zero-order valence-electron chi connectivity index (χ0n) is 12.0. The van der Waals surface area contributed by atoms with Crippen molar-refractivity contribution in [1.29, 1.82) is 0 Å². The smallest absolute Gasteiger partial charge is 0.269 e. The summed E-state index contributed by atoms with van der Waals surface area (Å²) in [6.07, 6.45) is 4.51. The Labute approximate surface area is 119 Å². The number of hydrogen-bond acceptors (Lipinski definition) is 3. The van der Waals surface area contributed by atoms with Gasteiger partial charge in [0, 0.05) is 24.3 Å². The Hall–Kier alpha value is -1.91. The van der Waals surface area contributed by atoms with Gasteiger partial charge in [-0.25, -0.2) is 0 Å². The molecule has 0 spiro atoms. The van der Waals surface area contributed by atoms with E-state index in [9.17, 15) is 9.59 Å². The Morgan fingerprint density at radius 2 is 2.10 bits per heavy atom. The van der Waals surface area contributed by atoms with Crippen LogP contribution in [0.15, 0.2) is 18.3 Å². The average molecular weight is 275 g/mol. The Morgan fingerprint density at radius 1 is 1.35 bits per heavy atom. The van der Waals surface area contributed by atoms with Crippen LogP contribution in [0, 0.1) is 5.92 Å². The molecule has 0 radical (unpaired) electrons. The minimum atomic E-state index is -0.230. The molecule has 1 aromatic rings. The average Bonchev–Trinajstić information content (AvgIpc) is 3.22. The molecule has 2 N–H and O–H groups in total. The third-order valence-corrected chi connectivity index (χ3v) is 3.17. The molecule has 0 unspecified atom stereocenters. The Kier molecular flexibility index (Phi) is 4.71. The lowest BCUT2D eigenvalue weighted by Crippen LogP contribution is -2.28. The molecule has 5 heteroatoms. The van der Waals surface area contributed by atoms with Gasteiger partial charge in [0.2, 0.25) is 0 Å². The van der Waals surface area contributed by atoms with E-state index in [-0.39, 0.29) is 17.5 Å². The van der Waals surface area contributed by atoms with E-state index >= 15 is 0 Å². The zero-order chi connectivity index (χ0) is 14.5. The summed E-state index contributed by atoms with van der Waals surface area (Å²) in [6, 6.07) is 3.48. The SMILES string of the molecule is CC(C)CCNC(=O)c1cc(C(=O)NC2CC2)ccn1. The first-order chi connectivity index (χ1) is 9.56. The third kappa shape index (κ3) is 4.33. The molecular formula is C15H21N3O2. The van der Waals surface area contributed by atoms with Crippen molar-refractivity contribution >= 4 is 11.8 Å². The van der Waals surface area contributed by atoms with Gasteiger partial charge in [-0.05, 0) is 37.3 Å². The molecule has 20 heavy (non-hydrogen) atoms. The van der Waals surface area contributed by atoms with Crippen molar-refractivity contribution in [2.75, 3.05) is 6.54 Å². The van der Waals surface area contributed by atoms with Crippen LogP contribution in [-0.2, 0) is 0 Å². The molecule has 0 bridgehead atoms. The summed E-state index contributed by atoms with van der Waals surface area (Å²) in [5.74, 6) is 0.178. The molecule has 1 aliphatic carbocycles. The lowest BCUT2D eigenvalue weighted by Gasteiger charge is -2.08. The van der Waals surface area contributed by atoms with Crippen molar-refractivity contribution in [2.45, 2.75) is 39.2 Å². The van der Waals surface area contributed by atoms with Crippen molar-refractivity contribution in [3.63, 3.8) is 0 Å². The minimum Gasteiger partial charge on any atom is -0.351 e. The second-order valence-electron chi connectivity index (χ2n) is 5.62. The molecule has 1 aliphatic rings. The first kappa shape index (κ1) is 14.5. The first-order valence-corrected chi connectivity index (χ1v) is 7.11. The topological polar surface area (TPSA) is 71.1 Å². The number of hydrogen-bond donors (Lipinski definition) is 2. The Bertz CT molecular complexity index is 496. The first-order valence-electron chi connectivity index (χ1n) is 7.11. The standard InChI is InChI=1S/C15H21N3O2/c1-10(2)5-7-17-15(20)13-9-11(6-8-16-13)14(19)18-12-3-4-12/h6,8-10,12H,3-5,7H2,1-2H3,(H,17,20)(H,18,19). The van der Waals surface area contributed by atoms with Gasteiger partial charge in [-0.3, -0.25) is 14.6 Å². The van der Waals surface area contributed by atoms with E-state index in [0.29, 0.717) is 24.1 Å². The number of pyridine rings is 1. The highest BCUT2D eigenvalue weighted by molar-refractivity contribution is 5.98. The van der Waals surface area contributed by atoms with Gasteiger partial charge in [0.25, 0.3) is 11.8 Å². The van der Waals surface area contributed by atoms with Crippen LogP contribution in [0.4, 0.5) is 0 Å². The normalized spacial score (nSPS) is 14.2. The molecular weight excluding hydrogens is 254 g/mol. The highest BCUT2D eigenvalue weighted by Gasteiger charge is 2.24. The van der Waals surface area contributed by atoms with Crippen molar-refractivity contribution in [2.24, 2.45) is 5.92 Å². The molecule has 2 amide bonds. The van der Waals surface area contributed by atoms with Gasteiger partial charge >= 0.3 is 0 Å². The van der Waals surface area contributed by atoms with Gasteiger partial charge in [-0.15, -0.1) is 0 Å². The number of aromatic nitrogens is 1. The number of amides is 2. The molecule has 1 aromatic heterocycles. The molecule has 108 valence electrons. The summed E-state index contributed by atoms with van der Waals surface area (Å²) in [4.78, 5) is 27.9. The fraction of sp³-hybridized carbons (Fsp3) is 0.533. The van der Waals surface area contributed by atoms with E-state index in [1.807, 2.05) is 0 Å². The predicted molar refractivity (Wildman–Crippen MR) is 76.5 cm³/mol. The molecule has 1 saturated carbocycles. The van der Waals surface area contributed by atoms with Crippen LogP contribution < -0.4 is 10.6 Å². The van der Waals surface area contributed by atoms with Crippen LogP contribution in [0.1, 0.15) is 54.0 Å². The summed E-state index contributed by atoms with van der Waals surface area (Å²) >= 11 is 0. The van der Waals surface area contributed by atoms with E-state index in [1.165, 1.54) is 6.20 Å². The van der Waals surface area contributed by atoms with E-state index in [2.05, 4.69) is 29.5 Å². The van der Waals surface area contributed by atoms with Crippen molar-refractivity contribution in [1.82, 2.24) is 15.6 Å². The number of carbonyl (C=O) groups is 2. The fourth-order valence-electron chi connectivity index (χ4n) is 1.76. The van der Waals surface area contributed by atoms with Crippen LogP contribution in [0.2, 0.25) is 0 Å². The van der Waals surface area contributed by atoms with Gasteiger partial charge in [0.05, 0.1) is 0 Å². The highest BCUT2D eigenvalue weighted by atomic mass is 16.2. The fourth-order valence-corrected chi connectivity index (χ4v) is 1.76. The predicted octanol–water partition coefficient (Wildman–Crippen LogP) is 1.75. The lowest BCUT2D eigenvalue weighted by atomic mass is 10.1. The maximum Gasteiger partial charge on any atom is 0.269 e. The van der Waals surface area contributed by atoms with Crippen LogP contribution in [0.3, 0.4) is 0 Å². The number of nitrogens with zero attached hydrogens (tertiary/aromatic N) is 1. The van der Waals surface area contributed by atoms with E-state index in [4.69, 9.17) is 0 Å². The van der Waals surface area contributed by atoms with Crippen molar-refractivity contribution < 1.29 is 9.59 Å². The van der Waals surface area contributed by atoms with Crippen molar-refractivity contribution in [3.8, 4) is 0 Å². The van der Waals surface area contributed by atoms with Crippen LogP contribution in [-0.4, -0.2) is 29.4 Å². The molecule has 0 aromatic carbocycles. The highest BCUT2D eigenvalue weighted by Crippen LogP contribution is 2.19. The second kappa shape index (κ2) is 6.50. The van der Waals surface area contributed by atoms with E-state index < -0.39 is 0 Å². The maximum absolute atomic E-state index is 11.9. The summed E-state index contributed by atoms with van der Waals surface area (Å²) in [5.41, 5.74) is 0.776. The number of rotatable bonds is 6. The van der Waals surface area contributed by atoms with Gasteiger partial charge < -0.3 is 10.6 Å². The molecule has 1 heterocycles. The molecule has 0 aliphatic heterocycles. The van der Waals surface area contributed by atoms with E-state index in [1.54, 1.807) is 12.1 Å². The summed E-state index contributed by atoms with van der Waals surface area (Å²) in [5, 5.41) is 5.71. The summed E-state index contributed by atoms with van der Waals surface area (Å²) in [7, 11) is 0. The molecule has 5 nitrogen and oxygen atoms in total. The molecule has 0 saturated heterocycles. The third-order valence-electron chi connectivity index (χ3n) is 3.17. The second-order valence-corrected chi connectivity index (χ2v) is 5.62. The lowest BCUT2D eigenvalue weighted by molar-refractivity contribution is 0.0947. The van der Waals surface area contributed by atoms with Crippen LogP contribution in [0.5, 0.6) is 0 Å². The summed E-state index contributed by atoms with van der Waals surface area (Å²) in [6.45, 7) is 4.83. The monoisotopic (exact) mass is 275 g/mol. The minimum absolute atomic E-state index is 0.133.